The Bertz CT molecular complexity index is 1530. The lowest BCUT2D eigenvalue weighted by atomic mass is 9.86. The van der Waals surface area contributed by atoms with Crippen LogP contribution in [0.2, 0.25) is 5.02 Å². The lowest BCUT2D eigenvalue weighted by Crippen LogP contribution is -2.35. The fraction of sp³-hybridized carbons (Fsp3) is 0.333. The summed E-state index contributed by atoms with van der Waals surface area (Å²) in [6.07, 6.45) is 4.00. The molecule has 2 amide bonds. The number of hydrogen-bond acceptors (Lipinski definition) is 7. The number of para-hydroxylation sites is 1. The van der Waals surface area contributed by atoms with Crippen LogP contribution in [-0.4, -0.2) is 54.2 Å². The molecule has 10 heteroatoms. The Balaban J connectivity index is 1.09. The summed E-state index contributed by atoms with van der Waals surface area (Å²) in [6.45, 7) is 0.635. The molecule has 0 radical (unpaired) electrons. The molecule has 1 saturated carbocycles. The van der Waals surface area contributed by atoms with E-state index in [1.807, 2.05) is 73.6 Å². The maximum atomic E-state index is 13.2. The molecule has 1 aliphatic carbocycles. The van der Waals surface area contributed by atoms with Crippen molar-refractivity contribution in [2.24, 2.45) is 5.92 Å². The van der Waals surface area contributed by atoms with Crippen molar-refractivity contribution in [1.82, 2.24) is 15.3 Å². The number of carbonyl (C=O) groups is 2. The van der Waals surface area contributed by atoms with Crippen molar-refractivity contribution in [2.45, 2.75) is 37.0 Å². The number of carbonyl (C=O) groups excluding carboxylic acids is 2. The van der Waals surface area contributed by atoms with Gasteiger partial charge in [0.25, 0.3) is 0 Å². The molecule has 0 saturated heterocycles. The number of nitrogens with one attached hydrogen (secondary N) is 3. The Morgan fingerprint density at radius 3 is 2.35 bits per heavy atom. The topological polar surface area (TPSA) is 99.3 Å². The number of rotatable bonds is 11. The van der Waals surface area contributed by atoms with Gasteiger partial charge in [-0.1, -0.05) is 54.1 Å². The SMILES string of the molecule is CN(C)c1nc(NC2CCC(CNC(=O)CSC(C(=O)Nc3ccc(Cl)cc3)c3ccccc3)CC2)nc2ccccc12. The molecular formula is C33H37ClN6O2S. The molecule has 1 aliphatic rings. The smallest absolute Gasteiger partial charge is 0.242 e. The van der Waals surface area contributed by atoms with Gasteiger partial charge in [-0.2, -0.15) is 4.98 Å². The maximum Gasteiger partial charge on any atom is 0.242 e. The Morgan fingerprint density at radius 2 is 1.63 bits per heavy atom. The third kappa shape index (κ3) is 8.39. The molecule has 1 atom stereocenters. The third-order valence-corrected chi connectivity index (χ3v) is 9.11. The second-order valence-electron chi connectivity index (χ2n) is 11.0. The van der Waals surface area contributed by atoms with Crippen LogP contribution in [0.4, 0.5) is 17.5 Å². The van der Waals surface area contributed by atoms with Gasteiger partial charge in [0, 0.05) is 42.8 Å². The van der Waals surface area contributed by atoms with Crippen LogP contribution in [0, 0.1) is 5.92 Å². The first-order valence-corrected chi connectivity index (χ1v) is 16.0. The molecular weight excluding hydrogens is 580 g/mol. The number of thioether (sulfide) groups is 1. The standard InChI is InChI=1S/C33H37ClN6O2S/c1-40(2)31-27-10-6-7-11-28(27)38-33(39-31)37-26-16-12-22(13-17-26)20-35-29(41)21-43-30(23-8-4-3-5-9-23)32(42)36-25-18-14-24(34)15-19-25/h3-11,14-15,18-19,22,26,30H,12-13,16-17,20-21H2,1-2H3,(H,35,41)(H,36,42)(H,37,38,39). The third-order valence-electron chi connectivity index (χ3n) is 7.61. The van der Waals surface area contributed by atoms with E-state index in [2.05, 4.69) is 16.0 Å². The first kappa shape index (κ1) is 30.6. The normalized spacial score (nSPS) is 17.2. The van der Waals surface area contributed by atoms with Crippen molar-refractivity contribution in [3.8, 4) is 0 Å². The number of benzene rings is 3. The predicted molar refractivity (Wildman–Crippen MR) is 178 cm³/mol. The van der Waals surface area contributed by atoms with Crippen molar-refractivity contribution in [3.05, 3.63) is 89.4 Å². The largest absolute Gasteiger partial charge is 0.362 e. The second kappa shape index (κ2) is 14.6. The van der Waals surface area contributed by atoms with E-state index >= 15 is 0 Å². The van der Waals surface area contributed by atoms with E-state index in [0.29, 0.717) is 35.2 Å². The average Bonchev–Trinajstić information content (AvgIpc) is 3.02. The Hall–Kier alpha value is -3.82. The zero-order chi connectivity index (χ0) is 30.2. The molecule has 0 aliphatic heterocycles. The number of anilines is 3. The van der Waals surface area contributed by atoms with Crippen LogP contribution >= 0.6 is 23.4 Å². The monoisotopic (exact) mass is 616 g/mol. The van der Waals surface area contributed by atoms with Gasteiger partial charge in [-0.15, -0.1) is 11.8 Å². The number of nitrogens with zero attached hydrogens (tertiary/aromatic N) is 3. The summed E-state index contributed by atoms with van der Waals surface area (Å²) in [5.74, 6) is 1.93. The van der Waals surface area contributed by atoms with Crippen LogP contribution in [0.5, 0.6) is 0 Å². The van der Waals surface area contributed by atoms with Crippen LogP contribution in [0.3, 0.4) is 0 Å². The van der Waals surface area contributed by atoms with Crippen LogP contribution in [0.1, 0.15) is 36.5 Å². The van der Waals surface area contributed by atoms with Gasteiger partial charge in [0.05, 0.1) is 11.3 Å². The molecule has 5 rings (SSSR count). The van der Waals surface area contributed by atoms with E-state index in [1.54, 1.807) is 24.3 Å². The summed E-state index contributed by atoms with van der Waals surface area (Å²) < 4.78 is 0. The molecule has 1 heterocycles. The van der Waals surface area contributed by atoms with Crippen molar-refractivity contribution in [3.63, 3.8) is 0 Å². The molecule has 0 spiro atoms. The van der Waals surface area contributed by atoms with Crippen molar-refractivity contribution >= 4 is 63.5 Å². The molecule has 0 bridgehead atoms. The first-order chi connectivity index (χ1) is 20.9. The molecule has 43 heavy (non-hydrogen) atoms. The summed E-state index contributed by atoms with van der Waals surface area (Å²) >= 11 is 7.31. The molecule has 3 aromatic carbocycles. The van der Waals surface area contributed by atoms with Crippen LogP contribution < -0.4 is 20.9 Å². The zero-order valence-corrected chi connectivity index (χ0v) is 26.0. The van der Waals surface area contributed by atoms with Crippen molar-refractivity contribution in [2.75, 3.05) is 41.9 Å². The number of fused-ring (bicyclic) bond motifs is 1. The lowest BCUT2D eigenvalue weighted by molar-refractivity contribution is -0.118. The van der Waals surface area contributed by atoms with Crippen LogP contribution in [-0.2, 0) is 9.59 Å². The molecule has 1 unspecified atom stereocenters. The van der Waals surface area contributed by atoms with E-state index in [9.17, 15) is 9.59 Å². The number of hydrogen-bond donors (Lipinski definition) is 3. The highest BCUT2D eigenvalue weighted by Gasteiger charge is 2.25. The number of halogens is 1. The van der Waals surface area contributed by atoms with E-state index in [0.717, 1.165) is 48.0 Å². The predicted octanol–water partition coefficient (Wildman–Crippen LogP) is 6.55. The van der Waals surface area contributed by atoms with E-state index < -0.39 is 5.25 Å². The fourth-order valence-electron chi connectivity index (χ4n) is 5.32. The summed E-state index contributed by atoms with van der Waals surface area (Å²) in [4.78, 5) is 37.5. The van der Waals surface area contributed by atoms with Gasteiger partial charge in [-0.05, 0) is 73.6 Å². The minimum absolute atomic E-state index is 0.0637. The average molecular weight is 617 g/mol. The van der Waals surface area contributed by atoms with Gasteiger partial charge in [0.1, 0.15) is 11.1 Å². The van der Waals surface area contributed by atoms with Gasteiger partial charge in [0.2, 0.25) is 17.8 Å². The summed E-state index contributed by atoms with van der Waals surface area (Å²) in [5, 5.41) is 10.7. The fourth-order valence-corrected chi connectivity index (χ4v) is 6.43. The van der Waals surface area contributed by atoms with Crippen LogP contribution in [0.15, 0.2) is 78.9 Å². The van der Waals surface area contributed by atoms with Gasteiger partial charge >= 0.3 is 0 Å². The lowest BCUT2D eigenvalue weighted by Gasteiger charge is -2.29. The summed E-state index contributed by atoms with van der Waals surface area (Å²) in [5.41, 5.74) is 2.44. The van der Waals surface area contributed by atoms with E-state index in [4.69, 9.17) is 21.6 Å². The summed E-state index contributed by atoms with van der Waals surface area (Å²) in [7, 11) is 3.99. The maximum absolute atomic E-state index is 13.2. The zero-order valence-electron chi connectivity index (χ0n) is 24.4. The van der Waals surface area contributed by atoms with Gasteiger partial charge in [0.15, 0.2) is 0 Å². The van der Waals surface area contributed by atoms with E-state index in [1.165, 1.54) is 11.8 Å². The Labute approximate surface area is 262 Å². The molecule has 3 N–H and O–H groups in total. The second-order valence-corrected chi connectivity index (χ2v) is 12.6. The van der Waals surface area contributed by atoms with Crippen molar-refractivity contribution in [1.29, 1.82) is 0 Å². The minimum atomic E-state index is -0.519. The molecule has 1 aromatic heterocycles. The van der Waals surface area contributed by atoms with Crippen LogP contribution in [0.25, 0.3) is 10.9 Å². The van der Waals surface area contributed by atoms with E-state index in [-0.39, 0.29) is 17.6 Å². The van der Waals surface area contributed by atoms with Gasteiger partial charge in [-0.25, -0.2) is 4.98 Å². The first-order valence-electron chi connectivity index (χ1n) is 14.6. The highest BCUT2D eigenvalue weighted by Crippen LogP contribution is 2.31. The highest BCUT2D eigenvalue weighted by molar-refractivity contribution is 8.00. The molecule has 1 fully saturated rings. The van der Waals surface area contributed by atoms with Gasteiger partial charge < -0.3 is 20.9 Å². The molecule has 8 nitrogen and oxygen atoms in total. The Kier molecular flexibility index (Phi) is 10.4. The summed E-state index contributed by atoms with van der Waals surface area (Å²) in [6, 6.07) is 24.9. The molecule has 224 valence electrons. The Morgan fingerprint density at radius 1 is 0.930 bits per heavy atom. The minimum Gasteiger partial charge on any atom is -0.362 e. The van der Waals surface area contributed by atoms with Crippen molar-refractivity contribution < 1.29 is 9.59 Å². The number of aromatic nitrogens is 2. The number of amides is 2. The molecule has 4 aromatic rings. The highest BCUT2D eigenvalue weighted by atomic mass is 35.5. The quantitative estimate of drug-likeness (QED) is 0.176. The van der Waals surface area contributed by atoms with Gasteiger partial charge in [-0.3, -0.25) is 9.59 Å².